The fraction of sp³-hybridized carbons (Fsp3) is 0.632. The molecule has 1 amide bonds. The SMILES string of the molecule is CC1(C)COCCN1C(=O)C1CCN(c2ccc(C(F)(F)F)cc2[N+](=O)[O-])CC1. The number of carbonyl (C=O) groups excluding carboxylic acids is 1. The lowest BCUT2D eigenvalue weighted by Gasteiger charge is -2.44. The van der Waals surface area contributed by atoms with E-state index in [-0.39, 0.29) is 17.5 Å². The third-order valence-electron chi connectivity index (χ3n) is 5.60. The molecular weight excluding hydrogens is 391 g/mol. The minimum absolute atomic E-state index is 0.0415. The summed E-state index contributed by atoms with van der Waals surface area (Å²) >= 11 is 0. The zero-order valence-electron chi connectivity index (χ0n) is 16.4. The summed E-state index contributed by atoms with van der Waals surface area (Å²) in [5, 5.41) is 11.3. The van der Waals surface area contributed by atoms with Gasteiger partial charge in [0.05, 0.1) is 29.2 Å². The van der Waals surface area contributed by atoms with Gasteiger partial charge in [0.1, 0.15) is 5.69 Å². The fourth-order valence-corrected chi connectivity index (χ4v) is 3.97. The number of rotatable bonds is 3. The van der Waals surface area contributed by atoms with E-state index in [9.17, 15) is 28.1 Å². The molecule has 7 nitrogen and oxygen atoms in total. The number of morpholine rings is 1. The summed E-state index contributed by atoms with van der Waals surface area (Å²) < 4.78 is 44.1. The second kappa shape index (κ2) is 7.81. The smallest absolute Gasteiger partial charge is 0.377 e. The first-order valence-corrected chi connectivity index (χ1v) is 9.50. The molecular formula is C19H24F3N3O4. The number of nitrogens with zero attached hydrogens (tertiary/aromatic N) is 3. The zero-order valence-corrected chi connectivity index (χ0v) is 16.4. The van der Waals surface area contributed by atoms with E-state index >= 15 is 0 Å². The number of halogens is 3. The van der Waals surface area contributed by atoms with Crippen LogP contribution in [-0.2, 0) is 15.7 Å². The van der Waals surface area contributed by atoms with E-state index in [2.05, 4.69) is 0 Å². The first-order valence-electron chi connectivity index (χ1n) is 9.50. The predicted molar refractivity (Wildman–Crippen MR) is 99.6 cm³/mol. The number of ether oxygens (including phenoxy) is 1. The molecule has 0 saturated carbocycles. The Balaban J connectivity index is 1.72. The second-order valence-electron chi connectivity index (χ2n) is 8.07. The molecule has 0 spiro atoms. The largest absolute Gasteiger partial charge is 0.416 e. The number of piperidine rings is 1. The van der Waals surface area contributed by atoms with Crippen LogP contribution in [-0.4, -0.2) is 54.1 Å². The van der Waals surface area contributed by atoms with Gasteiger partial charge in [-0.3, -0.25) is 14.9 Å². The normalized spacial score (nSPS) is 20.6. The van der Waals surface area contributed by atoms with E-state index in [1.165, 1.54) is 0 Å². The first-order chi connectivity index (χ1) is 13.5. The number of benzene rings is 1. The van der Waals surface area contributed by atoms with Gasteiger partial charge in [-0.25, -0.2) is 0 Å². The van der Waals surface area contributed by atoms with Crippen molar-refractivity contribution >= 4 is 17.3 Å². The number of hydrogen-bond donors (Lipinski definition) is 0. The quantitative estimate of drug-likeness (QED) is 0.558. The van der Waals surface area contributed by atoms with Gasteiger partial charge in [-0.15, -0.1) is 0 Å². The highest BCUT2D eigenvalue weighted by atomic mass is 19.4. The lowest BCUT2D eigenvalue weighted by atomic mass is 9.91. The molecule has 0 bridgehead atoms. The highest BCUT2D eigenvalue weighted by Crippen LogP contribution is 2.38. The third kappa shape index (κ3) is 4.47. The van der Waals surface area contributed by atoms with E-state index < -0.39 is 27.9 Å². The van der Waals surface area contributed by atoms with Crippen LogP contribution in [0.2, 0.25) is 0 Å². The third-order valence-corrected chi connectivity index (χ3v) is 5.60. The van der Waals surface area contributed by atoms with Gasteiger partial charge >= 0.3 is 6.18 Å². The Morgan fingerprint density at radius 3 is 2.45 bits per heavy atom. The van der Waals surface area contributed by atoms with Gasteiger partial charge in [0.15, 0.2) is 0 Å². The zero-order chi connectivity index (χ0) is 21.4. The summed E-state index contributed by atoms with van der Waals surface area (Å²) in [6.45, 7) is 6.12. The van der Waals surface area contributed by atoms with Crippen LogP contribution in [0.5, 0.6) is 0 Å². The van der Waals surface area contributed by atoms with Crippen molar-refractivity contribution in [1.29, 1.82) is 0 Å². The van der Waals surface area contributed by atoms with E-state index in [4.69, 9.17) is 4.74 Å². The van der Waals surface area contributed by atoms with Gasteiger partial charge in [0, 0.05) is 31.6 Å². The summed E-state index contributed by atoms with van der Waals surface area (Å²) in [7, 11) is 0. The number of anilines is 1. The van der Waals surface area contributed by atoms with Crippen LogP contribution < -0.4 is 4.90 Å². The number of amides is 1. The van der Waals surface area contributed by atoms with Crippen LogP contribution in [0.15, 0.2) is 18.2 Å². The van der Waals surface area contributed by atoms with Gasteiger partial charge in [-0.05, 0) is 38.8 Å². The predicted octanol–water partition coefficient (Wildman–Crippen LogP) is 3.47. The Hall–Kier alpha value is -2.36. The lowest BCUT2D eigenvalue weighted by molar-refractivity contribution is -0.384. The number of nitro groups is 1. The maximum absolute atomic E-state index is 13.0. The summed E-state index contributed by atoms with van der Waals surface area (Å²) in [6.07, 6.45) is -3.66. The molecule has 0 radical (unpaired) electrons. The van der Waals surface area contributed by atoms with Crippen LogP contribution in [0, 0.1) is 16.0 Å². The maximum Gasteiger partial charge on any atom is 0.416 e. The van der Waals surface area contributed by atoms with Gasteiger partial charge in [0.2, 0.25) is 5.91 Å². The minimum atomic E-state index is -4.65. The van der Waals surface area contributed by atoms with Crippen LogP contribution >= 0.6 is 0 Å². The molecule has 0 aliphatic carbocycles. The summed E-state index contributed by atoms with van der Waals surface area (Å²) in [4.78, 5) is 27.0. The molecule has 2 aliphatic rings. The average molecular weight is 415 g/mol. The highest BCUT2D eigenvalue weighted by molar-refractivity contribution is 5.80. The van der Waals surface area contributed by atoms with E-state index in [1.807, 2.05) is 18.7 Å². The van der Waals surface area contributed by atoms with Crippen molar-refractivity contribution in [2.45, 2.75) is 38.4 Å². The van der Waals surface area contributed by atoms with Crippen molar-refractivity contribution in [1.82, 2.24) is 4.90 Å². The minimum Gasteiger partial charge on any atom is -0.377 e. The number of hydrogen-bond acceptors (Lipinski definition) is 5. The van der Waals surface area contributed by atoms with E-state index in [0.717, 1.165) is 12.1 Å². The van der Waals surface area contributed by atoms with Crippen LogP contribution in [0.4, 0.5) is 24.5 Å². The van der Waals surface area contributed by atoms with Crippen molar-refractivity contribution in [2.24, 2.45) is 5.92 Å². The van der Waals surface area contributed by atoms with Crippen molar-refractivity contribution in [3.63, 3.8) is 0 Å². The van der Waals surface area contributed by atoms with Gasteiger partial charge in [0.25, 0.3) is 5.69 Å². The molecule has 10 heteroatoms. The van der Waals surface area contributed by atoms with Crippen molar-refractivity contribution in [3.05, 3.63) is 33.9 Å². The van der Waals surface area contributed by atoms with Crippen molar-refractivity contribution in [2.75, 3.05) is 37.7 Å². The van der Waals surface area contributed by atoms with E-state index in [0.29, 0.717) is 51.8 Å². The number of nitro benzene ring substituents is 1. The molecule has 1 aromatic carbocycles. The van der Waals surface area contributed by atoms with Crippen molar-refractivity contribution < 1.29 is 27.6 Å². The Morgan fingerprint density at radius 2 is 1.90 bits per heavy atom. The van der Waals surface area contributed by atoms with Crippen LogP contribution in [0.3, 0.4) is 0 Å². The van der Waals surface area contributed by atoms with Crippen molar-refractivity contribution in [3.8, 4) is 0 Å². The topological polar surface area (TPSA) is 75.9 Å². The molecule has 0 N–H and O–H groups in total. The molecule has 0 atom stereocenters. The number of carbonyl (C=O) groups is 1. The Bertz CT molecular complexity index is 789. The van der Waals surface area contributed by atoms with Gasteiger partial charge < -0.3 is 14.5 Å². The molecule has 2 aliphatic heterocycles. The Kier molecular flexibility index (Phi) is 5.75. The highest BCUT2D eigenvalue weighted by Gasteiger charge is 2.39. The molecule has 2 saturated heterocycles. The molecule has 3 rings (SSSR count). The number of alkyl halides is 3. The second-order valence-corrected chi connectivity index (χ2v) is 8.07. The summed E-state index contributed by atoms with van der Waals surface area (Å²) in [5.41, 5.74) is -1.86. The molecule has 160 valence electrons. The average Bonchev–Trinajstić information content (AvgIpc) is 2.66. The summed E-state index contributed by atoms with van der Waals surface area (Å²) in [6, 6.07) is 2.58. The molecule has 0 unspecified atom stereocenters. The monoisotopic (exact) mass is 415 g/mol. The molecule has 1 aromatic rings. The fourth-order valence-electron chi connectivity index (χ4n) is 3.97. The molecule has 29 heavy (non-hydrogen) atoms. The lowest BCUT2D eigenvalue weighted by Crippen LogP contribution is -2.57. The van der Waals surface area contributed by atoms with E-state index in [1.54, 1.807) is 4.90 Å². The molecule has 2 fully saturated rings. The van der Waals surface area contributed by atoms with Gasteiger partial charge in [-0.1, -0.05) is 0 Å². The summed E-state index contributed by atoms with van der Waals surface area (Å²) in [5.74, 6) is -0.169. The molecule has 0 aromatic heterocycles. The first kappa shape index (κ1) is 21.4. The van der Waals surface area contributed by atoms with Crippen LogP contribution in [0.1, 0.15) is 32.3 Å². The Morgan fingerprint density at radius 1 is 1.24 bits per heavy atom. The van der Waals surface area contributed by atoms with Crippen LogP contribution in [0.25, 0.3) is 0 Å². The van der Waals surface area contributed by atoms with Gasteiger partial charge in [-0.2, -0.15) is 13.2 Å². The maximum atomic E-state index is 13.0. The standard InChI is InChI=1S/C19H24F3N3O4/c1-18(2)12-29-10-9-24(18)17(26)13-5-7-23(8-6-13)15-4-3-14(19(20,21)22)11-16(15)25(27)28/h3-4,11,13H,5-10,12H2,1-2H3. The molecule has 2 heterocycles. The Labute approximate surface area is 166 Å².